The third-order valence-corrected chi connectivity index (χ3v) is 2.61. The van der Waals surface area contributed by atoms with E-state index in [1.54, 1.807) is 0 Å². The van der Waals surface area contributed by atoms with Crippen LogP contribution in [0.25, 0.3) is 0 Å². The van der Waals surface area contributed by atoms with Gasteiger partial charge < -0.3 is 19.9 Å². The van der Waals surface area contributed by atoms with E-state index in [-0.39, 0.29) is 0 Å². The van der Waals surface area contributed by atoms with Gasteiger partial charge in [0, 0.05) is 0 Å². The molecule has 0 saturated heterocycles. The third kappa shape index (κ3) is 13.9. The largest absolute Gasteiger partial charge is 0.799 e. The number of nitrogens with zero attached hydrogens (tertiary/aromatic N) is 4. The van der Waals surface area contributed by atoms with Gasteiger partial charge in [-0.3, -0.25) is 0 Å². The van der Waals surface area contributed by atoms with E-state index in [0.29, 0.717) is 0 Å². The fourth-order valence-corrected chi connectivity index (χ4v) is 1.78. The molecule has 23 heavy (non-hydrogen) atoms. The highest BCUT2D eigenvalue weighted by Crippen LogP contribution is 2.04. The second-order valence-corrected chi connectivity index (χ2v) is 6.25. The highest BCUT2D eigenvalue weighted by Gasteiger charge is 1.95. The summed E-state index contributed by atoms with van der Waals surface area (Å²) < 4.78 is 17.3. The van der Waals surface area contributed by atoms with E-state index < -0.39 is 7.75 Å². The van der Waals surface area contributed by atoms with E-state index in [2.05, 4.69) is 75.1 Å². The number of hydrogen-bond acceptors (Lipinski definition) is 3. The Morgan fingerprint density at radius 1 is 0.957 bits per heavy atom. The van der Waals surface area contributed by atoms with Crippen molar-refractivity contribution in [2.45, 2.75) is 39.8 Å². The minimum absolute atomic E-state index is 1.13. The number of aryl methyl sites for hydroxylation is 4. The van der Waals surface area contributed by atoms with Crippen LogP contribution in [0, 0.1) is 0 Å². The van der Waals surface area contributed by atoms with Gasteiger partial charge in [-0.2, -0.15) is 0 Å². The van der Waals surface area contributed by atoms with E-state index in [1.807, 2.05) is 14.1 Å². The first kappa shape index (κ1) is 21.5. The second kappa shape index (κ2) is 11.1. The lowest BCUT2D eigenvalue weighted by atomic mass is 10.5. The maximum absolute atomic E-state index is 8.88. The molecule has 132 valence electrons. The van der Waals surface area contributed by atoms with Crippen LogP contribution < -0.4 is 24.4 Å². The highest BCUT2D eigenvalue weighted by atomic mass is 31.2. The van der Waals surface area contributed by atoms with Crippen LogP contribution in [0.3, 0.4) is 0 Å². The molecule has 0 aliphatic carbocycles. The minimum atomic E-state index is -4.64. The van der Waals surface area contributed by atoms with Gasteiger partial charge in [-0.25, -0.2) is 18.3 Å². The van der Waals surface area contributed by atoms with Crippen molar-refractivity contribution in [1.29, 1.82) is 0 Å². The van der Waals surface area contributed by atoms with Crippen LogP contribution in [-0.2, 0) is 31.7 Å². The first-order chi connectivity index (χ1) is 10.7. The molecule has 0 bridgehead atoms. The fraction of sp³-hybridized carbons (Fsp3) is 0.571. The van der Waals surface area contributed by atoms with E-state index in [1.165, 1.54) is 12.8 Å². The molecule has 0 spiro atoms. The number of aromatic nitrogens is 4. The van der Waals surface area contributed by atoms with Crippen molar-refractivity contribution < 1.29 is 23.5 Å². The predicted octanol–water partition coefficient (Wildman–Crippen LogP) is -0.781. The molecular weight excluding hydrogens is 317 g/mol. The molecule has 9 heteroatoms. The minimum Gasteiger partial charge on any atom is -0.799 e. The lowest BCUT2D eigenvalue weighted by molar-refractivity contribution is -0.671. The number of imidazole rings is 2. The van der Waals surface area contributed by atoms with Gasteiger partial charge in [-0.15, -0.1) is 0 Å². The molecule has 0 fully saturated rings. The maximum Gasteiger partial charge on any atom is 0.243 e. The van der Waals surface area contributed by atoms with Crippen LogP contribution in [0.4, 0.5) is 0 Å². The Hall–Kier alpha value is -1.47. The van der Waals surface area contributed by atoms with Gasteiger partial charge in [0.25, 0.3) is 0 Å². The van der Waals surface area contributed by atoms with Crippen LogP contribution >= 0.6 is 7.75 Å². The van der Waals surface area contributed by atoms with Crippen molar-refractivity contribution in [2.75, 3.05) is 0 Å². The molecule has 2 heterocycles. The average molecular weight is 345 g/mol. The quantitative estimate of drug-likeness (QED) is 0.579. The Morgan fingerprint density at radius 3 is 1.43 bits per heavy atom. The summed E-state index contributed by atoms with van der Waals surface area (Å²) in [4.78, 5) is 17.8. The highest BCUT2D eigenvalue weighted by molar-refractivity contribution is 7.45. The topological polar surface area (TPSA) is 107 Å². The molecule has 2 aromatic heterocycles. The number of hydrogen-bond donors (Lipinski definition) is 1. The second-order valence-electron chi connectivity index (χ2n) is 5.17. The molecule has 2 N–H and O–H groups in total. The molecule has 0 unspecified atom stereocenters. The van der Waals surface area contributed by atoms with Crippen molar-refractivity contribution in [1.82, 2.24) is 9.13 Å². The Balaban J connectivity index is 0.000000332. The van der Waals surface area contributed by atoms with Gasteiger partial charge in [0.05, 0.1) is 27.2 Å². The van der Waals surface area contributed by atoms with Crippen LogP contribution in [0.15, 0.2) is 37.4 Å². The number of nitrogens with two attached hydrogens (primary N) is 1. The van der Waals surface area contributed by atoms with Crippen LogP contribution in [-0.4, -0.2) is 9.13 Å². The molecule has 2 aromatic rings. The maximum atomic E-state index is 8.88. The van der Waals surface area contributed by atoms with Crippen LogP contribution in [0.5, 0.6) is 0 Å². The van der Waals surface area contributed by atoms with Crippen LogP contribution in [0.1, 0.15) is 26.7 Å². The normalized spacial score (nSPS) is 10.4. The van der Waals surface area contributed by atoms with Gasteiger partial charge in [0.15, 0.2) is 0 Å². The zero-order chi connectivity index (χ0) is 17.9. The van der Waals surface area contributed by atoms with Gasteiger partial charge in [0.2, 0.25) is 12.7 Å². The molecule has 0 saturated carbocycles. The van der Waals surface area contributed by atoms with Crippen LogP contribution in [0.2, 0.25) is 0 Å². The predicted molar refractivity (Wildman–Crippen MR) is 83.6 cm³/mol. The smallest absolute Gasteiger partial charge is 0.243 e. The molecular formula is C14H28N5O3P. The average Bonchev–Trinajstić information content (AvgIpc) is 2.98. The summed E-state index contributed by atoms with van der Waals surface area (Å²) in [5, 5.41) is 0. The van der Waals surface area contributed by atoms with Gasteiger partial charge >= 0.3 is 0 Å². The van der Waals surface area contributed by atoms with Gasteiger partial charge in [-0.1, -0.05) is 13.8 Å². The molecule has 0 atom stereocenters. The first-order valence-electron chi connectivity index (χ1n) is 7.48. The van der Waals surface area contributed by atoms with Gasteiger partial charge in [-0.05, 0) is 20.6 Å². The molecule has 0 amide bonds. The van der Waals surface area contributed by atoms with E-state index >= 15 is 0 Å². The van der Waals surface area contributed by atoms with Crippen molar-refractivity contribution in [3.8, 4) is 0 Å². The lowest BCUT2D eigenvalue weighted by Gasteiger charge is -2.21. The zero-order valence-corrected chi connectivity index (χ0v) is 15.2. The summed E-state index contributed by atoms with van der Waals surface area (Å²) in [6.45, 7) is 6.61. The Kier molecular flexibility index (Phi) is 10.4. The Labute approximate surface area is 138 Å². The summed E-state index contributed by atoms with van der Waals surface area (Å²) in [6.07, 6.45) is 14.9. The SMILES string of the molecule is CCCn1cc[n+](C)c1.CCCn1cc[n+](C)c1.NP(=O)([O-])[O-]. The molecule has 8 nitrogen and oxygen atoms in total. The molecule has 0 aromatic carbocycles. The van der Waals surface area contributed by atoms with E-state index in [0.717, 1.165) is 13.1 Å². The summed E-state index contributed by atoms with van der Waals surface area (Å²) in [5.41, 5.74) is 3.80. The first-order valence-corrected chi connectivity index (χ1v) is 9.09. The zero-order valence-electron chi connectivity index (χ0n) is 14.3. The van der Waals surface area contributed by atoms with E-state index in [9.17, 15) is 0 Å². The molecule has 2 rings (SSSR count). The standard InChI is InChI=1S/2C7H13N2.H4NO3P/c2*1-3-4-9-6-5-8(2)7-9;1-5(2,3)4/h2*5-7H,3-4H2,1-2H3;(H4,1,2,3,4)/q2*+1;/p-2. The Bertz CT molecular complexity index is 540. The monoisotopic (exact) mass is 345 g/mol. The summed E-state index contributed by atoms with van der Waals surface area (Å²) in [7, 11) is -0.571. The molecule has 0 radical (unpaired) electrons. The van der Waals surface area contributed by atoms with Gasteiger partial charge in [0.1, 0.15) is 24.8 Å². The van der Waals surface area contributed by atoms with Crippen molar-refractivity contribution in [2.24, 2.45) is 19.6 Å². The van der Waals surface area contributed by atoms with Crippen molar-refractivity contribution >= 4 is 7.75 Å². The van der Waals surface area contributed by atoms with Crippen molar-refractivity contribution in [3.05, 3.63) is 37.4 Å². The summed E-state index contributed by atoms with van der Waals surface area (Å²) in [6, 6.07) is 0. The lowest BCUT2D eigenvalue weighted by Crippen LogP contribution is -2.23. The summed E-state index contributed by atoms with van der Waals surface area (Å²) in [5.74, 6) is 0. The van der Waals surface area contributed by atoms with E-state index in [4.69, 9.17) is 14.4 Å². The third-order valence-electron chi connectivity index (χ3n) is 2.61. The summed E-state index contributed by atoms with van der Waals surface area (Å²) >= 11 is 0. The Morgan fingerprint density at radius 2 is 1.26 bits per heavy atom. The number of rotatable bonds is 4. The molecule has 0 aliphatic heterocycles. The molecule has 0 aliphatic rings. The van der Waals surface area contributed by atoms with Crippen molar-refractivity contribution in [3.63, 3.8) is 0 Å². The fourth-order valence-electron chi connectivity index (χ4n) is 1.78.